The third kappa shape index (κ3) is 6.07. The Hall–Kier alpha value is -2.45. The van der Waals surface area contributed by atoms with E-state index in [2.05, 4.69) is 5.32 Å². The summed E-state index contributed by atoms with van der Waals surface area (Å²) in [5, 5.41) is 3.15. The highest BCUT2D eigenvalue weighted by Gasteiger charge is 2.28. The molecule has 32 heavy (non-hydrogen) atoms. The number of rotatable bonds is 8. The molecule has 0 bridgehead atoms. The van der Waals surface area contributed by atoms with Crippen molar-refractivity contribution in [1.82, 2.24) is 9.62 Å². The van der Waals surface area contributed by atoms with Crippen molar-refractivity contribution in [3.05, 3.63) is 99.3 Å². The molecular formula is C23H21Cl2FN2O3S. The molecule has 3 rings (SSSR count). The topological polar surface area (TPSA) is 66.5 Å². The smallest absolute Gasteiger partial charge is 0.243 e. The van der Waals surface area contributed by atoms with Crippen LogP contribution in [-0.2, 0) is 27.9 Å². The maximum Gasteiger partial charge on any atom is 0.243 e. The minimum atomic E-state index is -4.15. The fourth-order valence-electron chi connectivity index (χ4n) is 3.08. The van der Waals surface area contributed by atoms with Crippen LogP contribution in [0.2, 0.25) is 10.0 Å². The first-order valence-electron chi connectivity index (χ1n) is 9.67. The van der Waals surface area contributed by atoms with Crippen molar-refractivity contribution in [2.75, 3.05) is 6.54 Å². The van der Waals surface area contributed by atoms with Crippen molar-refractivity contribution in [2.24, 2.45) is 0 Å². The van der Waals surface area contributed by atoms with Gasteiger partial charge in [0.05, 0.1) is 11.4 Å². The first-order chi connectivity index (χ1) is 15.2. The summed E-state index contributed by atoms with van der Waals surface area (Å²) in [7, 11) is -4.15. The molecular weight excluding hydrogens is 474 g/mol. The van der Waals surface area contributed by atoms with E-state index >= 15 is 0 Å². The minimum Gasteiger partial charge on any atom is -0.351 e. The molecule has 0 aromatic heterocycles. The van der Waals surface area contributed by atoms with Crippen LogP contribution in [-0.4, -0.2) is 25.2 Å². The standard InChI is InChI=1S/C23H21Cl2FN2O3S/c1-16-4-2-5-17(12-16)13-27-23(29)15-28(14-20-21(25)6-3-7-22(20)26)32(30,31)19-10-8-18(24)9-11-19/h2-12H,13-15H2,1H3,(H,27,29). The van der Waals surface area contributed by atoms with E-state index in [4.69, 9.17) is 23.2 Å². The lowest BCUT2D eigenvalue weighted by molar-refractivity contribution is -0.121. The molecule has 3 aromatic carbocycles. The van der Waals surface area contributed by atoms with Gasteiger partial charge in [0.2, 0.25) is 15.9 Å². The lowest BCUT2D eigenvalue weighted by Gasteiger charge is -2.23. The summed E-state index contributed by atoms with van der Waals surface area (Å²) in [5.41, 5.74) is 1.90. The largest absolute Gasteiger partial charge is 0.351 e. The van der Waals surface area contributed by atoms with Gasteiger partial charge in [0.25, 0.3) is 0 Å². The number of hydrogen-bond acceptors (Lipinski definition) is 3. The van der Waals surface area contributed by atoms with Crippen LogP contribution in [0.25, 0.3) is 0 Å². The zero-order chi connectivity index (χ0) is 23.3. The van der Waals surface area contributed by atoms with Crippen LogP contribution in [0.15, 0.2) is 71.6 Å². The van der Waals surface area contributed by atoms with Crippen molar-refractivity contribution in [3.63, 3.8) is 0 Å². The van der Waals surface area contributed by atoms with Gasteiger partial charge in [-0.3, -0.25) is 4.79 Å². The van der Waals surface area contributed by atoms with Gasteiger partial charge in [-0.1, -0.05) is 59.1 Å². The van der Waals surface area contributed by atoms with Crippen LogP contribution in [0, 0.1) is 12.7 Å². The Bertz CT molecular complexity index is 1200. The second-order valence-corrected chi connectivity index (χ2v) is 9.97. The molecule has 0 unspecified atom stereocenters. The summed E-state index contributed by atoms with van der Waals surface area (Å²) >= 11 is 12.0. The molecule has 0 spiro atoms. The summed E-state index contributed by atoms with van der Waals surface area (Å²) in [6.07, 6.45) is 0. The number of sulfonamides is 1. The Labute approximate surface area is 196 Å². The van der Waals surface area contributed by atoms with Gasteiger partial charge in [-0.15, -0.1) is 0 Å². The summed E-state index contributed by atoms with van der Waals surface area (Å²) in [6.45, 7) is 1.25. The van der Waals surface area contributed by atoms with Crippen LogP contribution < -0.4 is 5.32 Å². The Balaban J connectivity index is 1.86. The molecule has 3 aromatic rings. The third-order valence-corrected chi connectivity index (χ3v) is 7.15. The van der Waals surface area contributed by atoms with Crippen molar-refractivity contribution in [2.45, 2.75) is 24.9 Å². The second-order valence-electron chi connectivity index (χ2n) is 7.19. The first kappa shape index (κ1) is 24.2. The van der Waals surface area contributed by atoms with E-state index in [0.29, 0.717) is 5.02 Å². The first-order valence-corrected chi connectivity index (χ1v) is 11.9. The normalized spacial score (nSPS) is 11.5. The SMILES string of the molecule is Cc1cccc(CNC(=O)CN(Cc2c(F)cccc2Cl)S(=O)(=O)c2ccc(Cl)cc2)c1. The summed E-state index contributed by atoms with van der Waals surface area (Å²) in [6, 6.07) is 17.2. The molecule has 0 saturated heterocycles. The molecule has 9 heteroatoms. The van der Waals surface area contributed by atoms with Crippen molar-refractivity contribution in [1.29, 1.82) is 0 Å². The zero-order valence-electron chi connectivity index (χ0n) is 17.2. The van der Waals surface area contributed by atoms with Crippen LogP contribution in [0.1, 0.15) is 16.7 Å². The summed E-state index contributed by atoms with van der Waals surface area (Å²) in [4.78, 5) is 12.6. The van der Waals surface area contributed by atoms with E-state index in [-0.39, 0.29) is 22.0 Å². The number of nitrogens with one attached hydrogen (secondary N) is 1. The maximum atomic E-state index is 14.4. The number of carbonyl (C=O) groups excluding carboxylic acids is 1. The number of nitrogens with zero attached hydrogens (tertiary/aromatic N) is 1. The summed E-state index contributed by atoms with van der Waals surface area (Å²) in [5.74, 6) is -1.19. The third-order valence-electron chi connectivity index (χ3n) is 4.74. The van der Waals surface area contributed by atoms with Gasteiger partial charge in [-0.05, 0) is 48.9 Å². The second kappa shape index (κ2) is 10.4. The number of amides is 1. The molecule has 5 nitrogen and oxygen atoms in total. The van der Waals surface area contributed by atoms with Crippen LogP contribution in [0.4, 0.5) is 4.39 Å². The van der Waals surface area contributed by atoms with Crippen LogP contribution in [0.3, 0.4) is 0 Å². The van der Waals surface area contributed by atoms with Gasteiger partial charge in [-0.2, -0.15) is 4.31 Å². The van der Waals surface area contributed by atoms with Gasteiger partial charge < -0.3 is 5.32 Å². The van der Waals surface area contributed by atoms with Crippen molar-refractivity contribution in [3.8, 4) is 0 Å². The number of carbonyl (C=O) groups is 1. The predicted molar refractivity (Wildman–Crippen MR) is 123 cm³/mol. The monoisotopic (exact) mass is 494 g/mol. The molecule has 0 atom stereocenters. The van der Waals surface area contributed by atoms with E-state index in [1.807, 2.05) is 31.2 Å². The molecule has 0 saturated carbocycles. The number of halogens is 3. The quantitative estimate of drug-likeness (QED) is 0.481. The molecule has 0 fully saturated rings. The van der Waals surface area contributed by atoms with Crippen LogP contribution in [0.5, 0.6) is 0 Å². The average molecular weight is 495 g/mol. The van der Waals surface area contributed by atoms with Crippen molar-refractivity contribution >= 4 is 39.1 Å². The minimum absolute atomic E-state index is 0.0156. The van der Waals surface area contributed by atoms with Gasteiger partial charge in [0.15, 0.2) is 0 Å². The Kier molecular flexibility index (Phi) is 7.90. The molecule has 0 aliphatic rings. The highest BCUT2D eigenvalue weighted by atomic mass is 35.5. The van der Waals surface area contributed by atoms with Gasteiger partial charge >= 0.3 is 0 Å². The Morgan fingerprint density at radius 3 is 2.38 bits per heavy atom. The predicted octanol–water partition coefficient (Wildman–Crippen LogP) is 4.95. The van der Waals surface area contributed by atoms with E-state index < -0.39 is 34.8 Å². The molecule has 0 radical (unpaired) electrons. The average Bonchev–Trinajstić information content (AvgIpc) is 2.74. The zero-order valence-corrected chi connectivity index (χ0v) is 19.5. The Morgan fingerprint density at radius 2 is 1.72 bits per heavy atom. The number of hydrogen-bond donors (Lipinski definition) is 1. The van der Waals surface area contributed by atoms with E-state index in [1.54, 1.807) is 0 Å². The van der Waals surface area contributed by atoms with Gasteiger partial charge in [0.1, 0.15) is 5.82 Å². The molecule has 168 valence electrons. The fourth-order valence-corrected chi connectivity index (χ4v) is 4.79. The number of aryl methyl sites for hydroxylation is 1. The molecule has 1 N–H and O–H groups in total. The molecule has 0 aliphatic carbocycles. The highest BCUT2D eigenvalue weighted by molar-refractivity contribution is 7.89. The Morgan fingerprint density at radius 1 is 1.03 bits per heavy atom. The van der Waals surface area contributed by atoms with E-state index in [1.165, 1.54) is 42.5 Å². The molecule has 0 heterocycles. The maximum absolute atomic E-state index is 14.4. The summed E-state index contributed by atoms with van der Waals surface area (Å²) < 4.78 is 41.8. The number of benzene rings is 3. The van der Waals surface area contributed by atoms with E-state index in [9.17, 15) is 17.6 Å². The lowest BCUT2D eigenvalue weighted by atomic mass is 10.1. The fraction of sp³-hybridized carbons (Fsp3) is 0.174. The lowest BCUT2D eigenvalue weighted by Crippen LogP contribution is -2.40. The van der Waals surface area contributed by atoms with Gasteiger partial charge in [0, 0.05) is 28.7 Å². The van der Waals surface area contributed by atoms with Crippen LogP contribution >= 0.6 is 23.2 Å². The highest BCUT2D eigenvalue weighted by Crippen LogP contribution is 2.25. The molecule has 1 amide bonds. The van der Waals surface area contributed by atoms with E-state index in [0.717, 1.165) is 15.4 Å². The molecule has 0 aliphatic heterocycles. The van der Waals surface area contributed by atoms with Crippen molar-refractivity contribution < 1.29 is 17.6 Å². The van der Waals surface area contributed by atoms with Gasteiger partial charge in [-0.25, -0.2) is 12.8 Å².